The van der Waals surface area contributed by atoms with Crippen molar-refractivity contribution in [3.05, 3.63) is 59.7 Å². The van der Waals surface area contributed by atoms with Gasteiger partial charge in [0.25, 0.3) is 0 Å². The van der Waals surface area contributed by atoms with Crippen molar-refractivity contribution < 1.29 is 28.6 Å². The van der Waals surface area contributed by atoms with Gasteiger partial charge in [-0.25, -0.2) is 9.59 Å². The van der Waals surface area contributed by atoms with Crippen LogP contribution in [0.1, 0.15) is 51.7 Å². The minimum Gasteiger partial charge on any atom is -0.467 e. The van der Waals surface area contributed by atoms with Gasteiger partial charge >= 0.3 is 12.1 Å². The zero-order valence-electron chi connectivity index (χ0n) is 21.9. The standard InChI is InChI=1S/C28H33N3O6/c1-27(2,3)37-26(34)31-16-8-15-28(31,4)25(33)30-22(24(32)35-5)17-19-11-13-21(14-12-19)36-23-10-7-6-9-20(23)18-29/h6-7,9-14,22H,8,15-17H2,1-5H3,(H,30,33)/t22-,28-/m0/s1. The van der Waals surface area contributed by atoms with E-state index in [0.29, 0.717) is 36.4 Å². The quantitative estimate of drug-likeness (QED) is 0.554. The summed E-state index contributed by atoms with van der Waals surface area (Å²) in [7, 11) is 1.26. The number of carbonyl (C=O) groups is 3. The third kappa shape index (κ3) is 6.79. The Balaban J connectivity index is 1.72. The maximum atomic E-state index is 13.4. The van der Waals surface area contributed by atoms with E-state index < -0.39 is 35.2 Å². The summed E-state index contributed by atoms with van der Waals surface area (Å²) in [5.74, 6) is -0.0743. The number of rotatable bonds is 7. The molecule has 0 spiro atoms. The Kier molecular flexibility index (Phi) is 8.43. The van der Waals surface area contributed by atoms with Gasteiger partial charge in [0.1, 0.15) is 34.8 Å². The predicted molar refractivity (Wildman–Crippen MR) is 136 cm³/mol. The third-order valence-corrected chi connectivity index (χ3v) is 6.13. The van der Waals surface area contributed by atoms with Crippen molar-refractivity contribution in [3.63, 3.8) is 0 Å². The number of nitrogens with zero attached hydrogens (tertiary/aromatic N) is 2. The van der Waals surface area contributed by atoms with Gasteiger partial charge in [0.05, 0.1) is 12.7 Å². The first-order valence-corrected chi connectivity index (χ1v) is 12.1. The number of amides is 2. The summed E-state index contributed by atoms with van der Waals surface area (Å²) >= 11 is 0. The lowest BCUT2D eigenvalue weighted by Crippen LogP contribution is -2.59. The second-order valence-corrected chi connectivity index (χ2v) is 10.1. The highest BCUT2D eigenvalue weighted by Gasteiger charge is 2.48. The fourth-order valence-electron chi connectivity index (χ4n) is 4.16. The molecule has 2 atom stereocenters. The van der Waals surface area contributed by atoms with E-state index in [-0.39, 0.29) is 6.42 Å². The number of esters is 1. The first kappa shape index (κ1) is 27.5. The molecular formula is C28H33N3O6. The fraction of sp³-hybridized carbons (Fsp3) is 0.429. The van der Waals surface area contributed by atoms with Gasteiger partial charge in [0.15, 0.2) is 0 Å². The van der Waals surface area contributed by atoms with Crippen LogP contribution in [0, 0.1) is 11.3 Å². The molecule has 1 N–H and O–H groups in total. The molecule has 37 heavy (non-hydrogen) atoms. The summed E-state index contributed by atoms with van der Waals surface area (Å²) < 4.78 is 16.2. The number of para-hydroxylation sites is 1. The van der Waals surface area contributed by atoms with E-state index in [1.165, 1.54) is 12.0 Å². The van der Waals surface area contributed by atoms with Crippen molar-refractivity contribution in [3.8, 4) is 17.6 Å². The van der Waals surface area contributed by atoms with Gasteiger partial charge in [-0.15, -0.1) is 0 Å². The van der Waals surface area contributed by atoms with Crippen LogP contribution in [0.5, 0.6) is 11.5 Å². The van der Waals surface area contributed by atoms with Crippen LogP contribution in [0.25, 0.3) is 0 Å². The molecule has 1 aliphatic rings. The molecule has 196 valence electrons. The molecule has 0 radical (unpaired) electrons. The van der Waals surface area contributed by atoms with Crippen molar-refractivity contribution >= 4 is 18.0 Å². The summed E-state index contributed by atoms with van der Waals surface area (Å²) in [6, 6.07) is 15.0. The second kappa shape index (κ2) is 11.3. The lowest BCUT2D eigenvalue weighted by Gasteiger charge is -2.35. The maximum Gasteiger partial charge on any atom is 0.411 e. The SMILES string of the molecule is COC(=O)[C@H](Cc1ccc(Oc2ccccc2C#N)cc1)NC(=O)[C@]1(C)CCCN1C(=O)OC(C)(C)C. The first-order valence-electron chi connectivity index (χ1n) is 12.1. The van der Waals surface area contributed by atoms with Gasteiger partial charge in [-0.3, -0.25) is 9.69 Å². The van der Waals surface area contributed by atoms with Gasteiger partial charge in [0.2, 0.25) is 5.91 Å². The van der Waals surface area contributed by atoms with Crippen molar-refractivity contribution in [1.29, 1.82) is 5.26 Å². The van der Waals surface area contributed by atoms with Crippen molar-refractivity contribution in [2.45, 2.75) is 64.1 Å². The van der Waals surface area contributed by atoms with Crippen molar-refractivity contribution in [1.82, 2.24) is 10.2 Å². The Bertz CT molecular complexity index is 1180. The molecule has 0 saturated carbocycles. The van der Waals surface area contributed by atoms with Crippen LogP contribution in [0.4, 0.5) is 4.79 Å². The highest BCUT2D eigenvalue weighted by molar-refractivity contribution is 5.93. The molecule has 0 unspecified atom stereocenters. The lowest BCUT2D eigenvalue weighted by atomic mass is 9.96. The number of nitriles is 1. The summed E-state index contributed by atoms with van der Waals surface area (Å²) in [5.41, 5.74) is -0.670. The van der Waals surface area contributed by atoms with Crippen LogP contribution >= 0.6 is 0 Å². The number of hydrogen-bond acceptors (Lipinski definition) is 7. The number of likely N-dealkylation sites (tertiary alicyclic amines) is 1. The summed E-state index contributed by atoms with van der Waals surface area (Å²) in [6.07, 6.45) is 0.700. The predicted octanol–water partition coefficient (Wildman–Crippen LogP) is 4.34. The number of carbonyl (C=O) groups excluding carboxylic acids is 3. The summed E-state index contributed by atoms with van der Waals surface area (Å²) in [5, 5.41) is 12.0. The van der Waals surface area contributed by atoms with E-state index in [1.54, 1.807) is 76.2 Å². The molecule has 2 aromatic rings. The average Bonchev–Trinajstić information content (AvgIpc) is 3.26. The van der Waals surface area contributed by atoms with E-state index in [1.807, 2.05) is 0 Å². The zero-order chi connectivity index (χ0) is 27.2. The first-order chi connectivity index (χ1) is 17.5. The third-order valence-electron chi connectivity index (χ3n) is 6.13. The van der Waals surface area contributed by atoms with Gasteiger partial charge in [0, 0.05) is 13.0 Å². The normalized spacial score (nSPS) is 17.9. The van der Waals surface area contributed by atoms with Gasteiger partial charge in [-0.2, -0.15) is 5.26 Å². The van der Waals surface area contributed by atoms with Crippen molar-refractivity contribution in [2.24, 2.45) is 0 Å². The molecule has 1 fully saturated rings. The number of hydrogen-bond donors (Lipinski definition) is 1. The van der Waals surface area contributed by atoms with Gasteiger partial charge < -0.3 is 19.5 Å². The second-order valence-electron chi connectivity index (χ2n) is 10.1. The molecule has 2 amide bonds. The van der Waals surface area contributed by atoms with Crippen molar-refractivity contribution in [2.75, 3.05) is 13.7 Å². The van der Waals surface area contributed by atoms with Crippen LogP contribution in [0.2, 0.25) is 0 Å². The smallest absolute Gasteiger partial charge is 0.411 e. The van der Waals surface area contributed by atoms with E-state index in [0.717, 1.165) is 5.56 Å². The lowest BCUT2D eigenvalue weighted by molar-refractivity contribution is -0.146. The highest BCUT2D eigenvalue weighted by atomic mass is 16.6. The van der Waals surface area contributed by atoms with Crippen LogP contribution in [0.15, 0.2) is 48.5 Å². The molecular weight excluding hydrogens is 474 g/mol. The van der Waals surface area contributed by atoms with E-state index in [2.05, 4.69) is 11.4 Å². The molecule has 1 heterocycles. The minimum absolute atomic E-state index is 0.177. The molecule has 0 aliphatic carbocycles. The Hall–Kier alpha value is -4.06. The number of ether oxygens (including phenoxy) is 3. The average molecular weight is 508 g/mol. The largest absolute Gasteiger partial charge is 0.467 e. The molecule has 0 aromatic heterocycles. The van der Waals surface area contributed by atoms with E-state index in [4.69, 9.17) is 14.2 Å². The van der Waals surface area contributed by atoms with Crippen LogP contribution in [0.3, 0.4) is 0 Å². The molecule has 3 rings (SSSR count). The Morgan fingerprint density at radius 3 is 2.43 bits per heavy atom. The molecule has 9 nitrogen and oxygen atoms in total. The fourth-order valence-corrected chi connectivity index (χ4v) is 4.16. The minimum atomic E-state index is -1.15. The summed E-state index contributed by atoms with van der Waals surface area (Å²) in [4.78, 5) is 40.1. The topological polar surface area (TPSA) is 118 Å². The molecule has 2 aromatic carbocycles. The Labute approximate surface area is 217 Å². The van der Waals surface area contributed by atoms with Gasteiger partial charge in [-0.05, 0) is 70.4 Å². The highest BCUT2D eigenvalue weighted by Crippen LogP contribution is 2.31. The molecule has 1 aliphatic heterocycles. The Morgan fingerprint density at radius 1 is 1.14 bits per heavy atom. The number of benzene rings is 2. The number of nitrogens with one attached hydrogen (secondary N) is 1. The van der Waals surface area contributed by atoms with Crippen LogP contribution in [-0.4, -0.2) is 53.7 Å². The molecule has 9 heteroatoms. The van der Waals surface area contributed by atoms with E-state index in [9.17, 15) is 19.6 Å². The van der Waals surface area contributed by atoms with E-state index >= 15 is 0 Å². The number of methoxy groups -OCH3 is 1. The van der Waals surface area contributed by atoms with Crippen LogP contribution in [-0.2, 0) is 25.5 Å². The zero-order valence-corrected chi connectivity index (χ0v) is 21.9. The van der Waals surface area contributed by atoms with Crippen LogP contribution < -0.4 is 10.1 Å². The molecule has 1 saturated heterocycles. The van der Waals surface area contributed by atoms with Gasteiger partial charge in [-0.1, -0.05) is 24.3 Å². The molecule has 0 bridgehead atoms. The Morgan fingerprint density at radius 2 is 1.81 bits per heavy atom. The monoisotopic (exact) mass is 507 g/mol. The summed E-state index contributed by atoms with van der Waals surface area (Å²) in [6.45, 7) is 7.37. The maximum absolute atomic E-state index is 13.4.